The van der Waals surface area contributed by atoms with Crippen LogP contribution in [0.1, 0.15) is 35.5 Å². The molecule has 6 heteroatoms. The van der Waals surface area contributed by atoms with Crippen molar-refractivity contribution in [1.29, 1.82) is 0 Å². The lowest BCUT2D eigenvalue weighted by atomic mass is 10.1. The molecule has 1 rings (SSSR count). The molecule has 0 fully saturated rings. The summed E-state index contributed by atoms with van der Waals surface area (Å²) in [5, 5.41) is 9.23. The first-order chi connectivity index (χ1) is 8.79. The Hall–Kier alpha value is -1.49. The van der Waals surface area contributed by atoms with E-state index in [4.69, 9.17) is 21.4 Å². The van der Waals surface area contributed by atoms with E-state index >= 15 is 0 Å². The SMILES string of the molecule is COC(=O)c1c(CC(=O)O)c(Cl)n(CC(C)C)c1C. The van der Waals surface area contributed by atoms with Crippen molar-refractivity contribution in [3.8, 4) is 0 Å². The first kappa shape index (κ1) is 15.6. The van der Waals surface area contributed by atoms with Crippen LogP contribution in [0.25, 0.3) is 0 Å². The molecule has 0 bridgehead atoms. The zero-order valence-electron chi connectivity index (χ0n) is 11.5. The standard InChI is InChI=1S/C13H18ClNO4/c1-7(2)6-15-8(3)11(13(18)19-4)9(12(15)14)5-10(16)17/h7H,5-6H2,1-4H3,(H,16,17). The molecule has 1 aromatic rings. The number of methoxy groups -OCH3 is 1. The molecular weight excluding hydrogens is 270 g/mol. The van der Waals surface area contributed by atoms with Crippen molar-refractivity contribution in [3.05, 3.63) is 22.0 Å². The van der Waals surface area contributed by atoms with Gasteiger partial charge in [0.25, 0.3) is 0 Å². The first-order valence-electron chi connectivity index (χ1n) is 5.97. The number of aliphatic carboxylic acids is 1. The number of rotatable bonds is 5. The molecule has 0 amide bonds. The average molecular weight is 288 g/mol. The summed E-state index contributed by atoms with van der Waals surface area (Å²) in [5.41, 5.74) is 1.22. The van der Waals surface area contributed by atoms with Gasteiger partial charge in [-0.3, -0.25) is 4.79 Å². The molecule has 0 unspecified atom stereocenters. The van der Waals surface area contributed by atoms with Gasteiger partial charge in [-0.2, -0.15) is 0 Å². The third kappa shape index (κ3) is 3.29. The average Bonchev–Trinajstić information content (AvgIpc) is 2.52. The number of carboxylic acid groups (broad SMARTS) is 1. The smallest absolute Gasteiger partial charge is 0.340 e. The summed E-state index contributed by atoms with van der Waals surface area (Å²) in [6.45, 7) is 6.40. The molecule has 0 saturated heterocycles. The van der Waals surface area contributed by atoms with Crippen molar-refractivity contribution in [2.45, 2.75) is 33.7 Å². The lowest BCUT2D eigenvalue weighted by Crippen LogP contribution is -2.09. The Morgan fingerprint density at radius 1 is 1.42 bits per heavy atom. The van der Waals surface area contributed by atoms with Gasteiger partial charge in [0.2, 0.25) is 0 Å². The maximum atomic E-state index is 11.8. The van der Waals surface area contributed by atoms with Crippen LogP contribution < -0.4 is 0 Å². The van der Waals surface area contributed by atoms with Gasteiger partial charge in [-0.05, 0) is 12.8 Å². The molecule has 0 radical (unpaired) electrons. The molecule has 0 saturated carbocycles. The summed E-state index contributed by atoms with van der Waals surface area (Å²) in [4.78, 5) is 22.7. The fourth-order valence-electron chi connectivity index (χ4n) is 2.03. The van der Waals surface area contributed by atoms with Gasteiger partial charge in [-0.25, -0.2) is 4.79 Å². The molecule has 0 spiro atoms. The number of esters is 1. The number of carboxylic acids is 1. The number of hydrogen-bond acceptors (Lipinski definition) is 3. The molecule has 0 aliphatic carbocycles. The minimum absolute atomic E-state index is 0.260. The van der Waals surface area contributed by atoms with E-state index in [1.54, 1.807) is 11.5 Å². The molecule has 1 aromatic heterocycles. The topological polar surface area (TPSA) is 68.5 Å². The number of carbonyl (C=O) groups excluding carboxylic acids is 1. The zero-order chi connectivity index (χ0) is 14.7. The van der Waals surface area contributed by atoms with Gasteiger partial charge in [-0.15, -0.1) is 0 Å². The number of aromatic nitrogens is 1. The van der Waals surface area contributed by atoms with Crippen molar-refractivity contribution in [1.82, 2.24) is 4.57 Å². The van der Waals surface area contributed by atoms with Crippen molar-refractivity contribution >= 4 is 23.5 Å². The summed E-state index contributed by atoms with van der Waals surface area (Å²) >= 11 is 6.22. The van der Waals surface area contributed by atoms with E-state index in [0.29, 0.717) is 28.9 Å². The Balaban J connectivity index is 3.41. The van der Waals surface area contributed by atoms with Crippen LogP contribution in [-0.4, -0.2) is 28.7 Å². The first-order valence-corrected chi connectivity index (χ1v) is 6.34. The van der Waals surface area contributed by atoms with E-state index in [1.165, 1.54) is 7.11 Å². The molecule has 106 valence electrons. The van der Waals surface area contributed by atoms with E-state index in [-0.39, 0.29) is 12.0 Å². The maximum absolute atomic E-state index is 11.8. The van der Waals surface area contributed by atoms with Crippen LogP contribution in [-0.2, 0) is 22.5 Å². The highest BCUT2D eigenvalue weighted by atomic mass is 35.5. The summed E-state index contributed by atoms with van der Waals surface area (Å²) in [6, 6.07) is 0. The highest BCUT2D eigenvalue weighted by Crippen LogP contribution is 2.29. The third-order valence-electron chi connectivity index (χ3n) is 2.82. The fraction of sp³-hybridized carbons (Fsp3) is 0.538. The van der Waals surface area contributed by atoms with Crippen molar-refractivity contribution < 1.29 is 19.4 Å². The molecule has 0 aliphatic rings. The van der Waals surface area contributed by atoms with Gasteiger partial charge in [0, 0.05) is 17.8 Å². The summed E-state index contributed by atoms with van der Waals surface area (Å²) < 4.78 is 6.47. The molecule has 19 heavy (non-hydrogen) atoms. The second-order valence-corrected chi connectivity index (χ2v) is 5.15. The normalized spacial score (nSPS) is 10.8. The van der Waals surface area contributed by atoms with Crippen LogP contribution >= 0.6 is 11.6 Å². The minimum atomic E-state index is -1.03. The van der Waals surface area contributed by atoms with Crippen molar-refractivity contribution in [2.24, 2.45) is 5.92 Å². The Kier molecular flexibility index (Phi) is 5.00. The van der Waals surface area contributed by atoms with Crippen molar-refractivity contribution in [3.63, 3.8) is 0 Å². The minimum Gasteiger partial charge on any atom is -0.481 e. The summed E-state index contributed by atoms with van der Waals surface area (Å²) in [7, 11) is 1.26. The quantitative estimate of drug-likeness (QED) is 0.845. The Morgan fingerprint density at radius 2 is 2.00 bits per heavy atom. The van der Waals surface area contributed by atoms with E-state index in [1.807, 2.05) is 13.8 Å². The predicted octanol–water partition coefficient (Wildman–Crippen LogP) is 2.52. The van der Waals surface area contributed by atoms with Gasteiger partial charge in [0.05, 0.1) is 19.1 Å². The molecule has 1 heterocycles. The van der Waals surface area contributed by atoms with Gasteiger partial charge >= 0.3 is 11.9 Å². The molecule has 0 aromatic carbocycles. The van der Waals surface area contributed by atoms with Crippen LogP contribution in [0.15, 0.2) is 0 Å². The molecule has 0 aliphatic heterocycles. The Labute approximate surface area is 117 Å². The highest BCUT2D eigenvalue weighted by molar-refractivity contribution is 6.31. The van der Waals surface area contributed by atoms with E-state index in [0.717, 1.165) is 0 Å². The number of carbonyl (C=O) groups is 2. The number of halogens is 1. The van der Waals surface area contributed by atoms with E-state index < -0.39 is 11.9 Å². The summed E-state index contributed by atoms with van der Waals surface area (Å²) in [5.74, 6) is -1.27. The lowest BCUT2D eigenvalue weighted by Gasteiger charge is -2.11. The lowest BCUT2D eigenvalue weighted by molar-refractivity contribution is -0.136. The van der Waals surface area contributed by atoms with Crippen LogP contribution in [0.4, 0.5) is 0 Å². The van der Waals surface area contributed by atoms with Crippen molar-refractivity contribution in [2.75, 3.05) is 7.11 Å². The van der Waals surface area contributed by atoms with Gasteiger partial charge in [0.15, 0.2) is 0 Å². The van der Waals surface area contributed by atoms with Gasteiger partial charge in [0.1, 0.15) is 5.15 Å². The van der Waals surface area contributed by atoms with Crippen LogP contribution in [0.2, 0.25) is 5.15 Å². The van der Waals surface area contributed by atoms with E-state index in [9.17, 15) is 9.59 Å². The van der Waals surface area contributed by atoms with Crippen LogP contribution in [0.3, 0.4) is 0 Å². The van der Waals surface area contributed by atoms with Gasteiger partial charge < -0.3 is 14.4 Å². The maximum Gasteiger partial charge on any atom is 0.340 e. The second-order valence-electron chi connectivity index (χ2n) is 4.80. The predicted molar refractivity (Wildman–Crippen MR) is 71.7 cm³/mol. The Bertz CT molecular complexity index is 505. The molecular formula is C13H18ClNO4. The van der Waals surface area contributed by atoms with Crippen LogP contribution in [0, 0.1) is 12.8 Å². The number of nitrogens with zero attached hydrogens (tertiary/aromatic N) is 1. The molecule has 5 nitrogen and oxygen atoms in total. The Morgan fingerprint density at radius 3 is 2.42 bits per heavy atom. The zero-order valence-corrected chi connectivity index (χ0v) is 12.2. The van der Waals surface area contributed by atoms with E-state index in [2.05, 4.69) is 0 Å². The largest absolute Gasteiger partial charge is 0.481 e. The molecule has 0 atom stereocenters. The highest BCUT2D eigenvalue weighted by Gasteiger charge is 2.26. The number of ether oxygens (including phenoxy) is 1. The number of hydrogen-bond donors (Lipinski definition) is 1. The van der Waals surface area contributed by atoms with Crippen LogP contribution in [0.5, 0.6) is 0 Å². The molecule has 1 N–H and O–H groups in total. The second kappa shape index (κ2) is 6.10. The fourth-order valence-corrected chi connectivity index (χ4v) is 2.39. The summed E-state index contributed by atoms with van der Waals surface area (Å²) in [6.07, 6.45) is -0.296. The monoisotopic (exact) mass is 287 g/mol. The third-order valence-corrected chi connectivity index (χ3v) is 3.25. The van der Waals surface area contributed by atoms with Gasteiger partial charge in [-0.1, -0.05) is 25.4 Å².